The van der Waals surface area contributed by atoms with Gasteiger partial charge in [0.1, 0.15) is 5.82 Å². The molecule has 0 radical (unpaired) electrons. The van der Waals surface area contributed by atoms with Crippen molar-refractivity contribution in [1.29, 1.82) is 0 Å². The van der Waals surface area contributed by atoms with E-state index in [9.17, 15) is 12.8 Å². The Bertz CT molecular complexity index is 1570. The van der Waals surface area contributed by atoms with Crippen LogP contribution >= 0.6 is 0 Å². The van der Waals surface area contributed by atoms with Crippen LogP contribution in [0.4, 0.5) is 4.39 Å². The number of piperidine rings is 1. The zero-order chi connectivity index (χ0) is 30.2. The maximum atomic E-state index is 14.0. The highest BCUT2D eigenvalue weighted by atomic mass is 32.2. The minimum atomic E-state index is -3.71. The maximum Gasteiger partial charge on any atom is 0.243 e. The molecule has 1 aromatic heterocycles. The molecule has 8 nitrogen and oxygen atoms in total. The molecule has 3 aromatic rings. The fraction of sp³-hybridized carbons (Fsp3) is 0.485. The van der Waals surface area contributed by atoms with E-state index in [1.54, 1.807) is 28.6 Å². The number of sulfonamides is 1. The Morgan fingerprint density at radius 2 is 1.74 bits per heavy atom. The minimum absolute atomic E-state index is 0.0616. The van der Waals surface area contributed by atoms with Gasteiger partial charge >= 0.3 is 0 Å². The van der Waals surface area contributed by atoms with E-state index in [0.29, 0.717) is 44.0 Å². The van der Waals surface area contributed by atoms with Crippen LogP contribution in [0, 0.1) is 11.2 Å². The van der Waals surface area contributed by atoms with E-state index in [1.165, 1.54) is 17.7 Å². The standard InChI is InChI=1S/C33H41FN4O4S/c1-32(2,3)26-4-10-30(11-5-26)43(39,40)37-13-12-27-20-31-25(22-35-38(31)29-8-6-28(34)7-9-29)21-33(27,23-37)24-42-19-16-36-14-17-41-18-15-36/h4-11,20,22H,12-19,21,23-24H2,1-3H3. The lowest BCUT2D eigenvalue weighted by atomic mass is 9.69. The topological polar surface area (TPSA) is 76.9 Å². The largest absolute Gasteiger partial charge is 0.379 e. The molecule has 0 spiro atoms. The molecule has 2 fully saturated rings. The molecular formula is C33H41FN4O4S. The fourth-order valence-corrected chi connectivity index (χ4v) is 7.91. The number of fused-ring (bicyclic) bond motifs is 2. The smallest absolute Gasteiger partial charge is 0.243 e. The van der Waals surface area contributed by atoms with Crippen LogP contribution in [0.2, 0.25) is 0 Å². The molecule has 2 saturated heterocycles. The molecule has 0 saturated carbocycles. The molecule has 1 unspecified atom stereocenters. The van der Waals surface area contributed by atoms with Crippen molar-refractivity contribution in [3.63, 3.8) is 0 Å². The number of hydrogen-bond donors (Lipinski definition) is 0. The van der Waals surface area contributed by atoms with Gasteiger partial charge in [-0.15, -0.1) is 0 Å². The summed E-state index contributed by atoms with van der Waals surface area (Å²) in [4.78, 5) is 2.65. The zero-order valence-corrected chi connectivity index (χ0v) is 26.1. The average molecular weight is 609 g/mol. The Labute approximate surface area is 254 Å². The molecule has 3 heterocycles. The highest BCUT2D eigenvalue weighted by molar-refractivity contribution is 7.89. The van der Waals surface area contributed by atoms with Crippen molar-refractivity contribution in [1.82, 2.24) is 19.0 Å². The van der Waals surface area contributed by atoms with E-state index >= 15 is 0 Å². The lowest BCUT2D eigenvalue weighted by molar-refractivity contribution is 0.00170. The molecule has 0 bridgehead atoms. The second-order valence-electron chi connectivity index (χ2n) is 12.9. The van der Waals surface area contributed by atoms with Crippen LogP contribution in [0.1, 0.15) is 44.0 Å². The van der Waals surface area contributed by atoms with Gasteiger partial charge in [-0.05, 0) is 71.9 Å². The summed E-state index contributed by atoms with van der Waals surface area (Å²) in [5, 5.41) is 4.65. The Morgan fingerprint density at radius 3 is 2.44 bits per heavy atom. The molecule has 1 atom stereocenters. The van der Waals surface area contributed by atoms with E-state index in [1.807, 2.05) is 23.0 Å². The van der Waals surface area contributed by atoms with Crippen molar-refractivity contribution in [2.24, 2.45) is 5.41 Å². The molecular weight excluding hydrogens is 567 g/mol. The normalized spacial score (nSPS) is 21.7. The summed E-state index contributed by atoms with van der Waals surface area (Å²) in [7, 11) is -3.71. The summed E-state index contributed by atoms with van der Waals surface area (Å²) in [5.41, 5.74) is 4.47. The van der Waals surface area contributed by atoms with Crippen molar-refractivity contribution < 1.29 is 22.3 Å². The number of ether oxygens (including phenoxy) is 2. The van der Waals surface area contributed by atoms with Gasteiger partial charge in [0.15, 0.2) is 0 Å². The van der Waals surface area contributed by atoms with E-state index < -0.39 is 15.4 Å². The molecule has 0 N–H and O–H groups in total. The van der Waals surface area contributed by atoms with Gasteiger partial charge in [-0.2, -0.15) is 9.40 Å². The predicted octanol–water partition coefficient (Wildman–Crippen LogP) is 4.68. The monoisotopic (exact) mass is 608 g/mol. The Morgan fingerprint density at radius 1 is 1.02 bits per heavy atom. The molecule has 0 amide bonds. The van der Waals surface area contributed by atoms with E-state index in [4.69, 9.17) is 9.47 Å². The Balaban J connectivity index is 1.27. The molecule has 6 rings (SSSR count). The third-order valence-corrected chi connectivity index (χ3v) is 10.8. The second kappa shape index (κ2) is 11.9. The quantitative estimate of drug-likeness (QED) is 0.346. The first-order chi connectivity index (χ1) is 20.5. The summed E-state index contributed by atoms with van der Waals surface area (Å²) >= 11 is 0. The molecule has 2 aliphatic heterocycles. The van der Waals surface area contributed by atoms with Crippen molar-refractivity contribution in [2.45, 2.75) is 43.9 Å². The van der Waals surface area contributed by atoms with Gasteiger partial charge in [-0.25, -0.2) is 17.5 Å². The van der Waals surface area contributed by atoms with Gasteiger partial charge in [0.25, 0.3) is 0 Å². The Hall–Kier alpha value is -2.89. The van der Waals surface area contributed by atoms with E-state index in [2.05, 4.69) is 36.8 Å². The highest BCUT2D eigenvalue weighted by Gasteiger charge is 2.46. The summed E-state index contributed by atoms with van der Waals surface area (Å²) in [5.74, 6) is -0.294. The summed E-state index contributed by atoms with van der Waals surface area (Å²) in [6, 6.07) is 13.6. The van der Waals surface area contributed by atoms with Gasteiger partial charge in [0.05, 0.1) is 48.9 Å². The van der Waals surface area contributed by atoms with Crippen LogP contribution in [0.25, 0.3) is 11.8 Å². The molecule has 230 valence electrons. The summed E-state index contributed by atoms with van der Waals surface area (Å²) in [6.45, 7) is 12.1. The number of nitrogens with zero attached hydrogens (tertiary/aromatic N) is 4. The first-order valence-corrected chi connectivity index (χ1v) is 16.5. The minimum Gasteiger partial charge on any atom is -0.379 e. The van der Waals surface area contributed by atoms with Crippen molar-refractivity contribution in [2.75, 3.05) is 59.2 Å². The summed E-state index contributed by atoms with van der Waals surface area (Å²) < 4.78 is 56.8. The molecule has 2 aromatic carbocycles. The fourth-order valence-electron chi connectivity index (χ4n) is 6.38. The lowest BCUT2D eigenvalue weighted by Gasteiger charge is -2.46. The van der Waals surface area contributed by atoms with Gasteiger partial charge in [-0.3, -0.25) is 4.90 Å². The first-order valence-electron chi connectivity index (χ1n) is 15.1. The molecule has 3 aliphatic rings. The second-order valence-corrected chi connectivity index (χ2v) is 14.9. The van der Waals surface area contributed by atoms with Gasteiger partial charge in [0.2, 0.25) is 10.0 Å². The van der Waals surface area contributed by atoms with Crippen LogP contribution in [0.3, 0.4) is 0 Å². The lowest BCUT2D eigenvalue weighted by Crippen LogP contribution is -2.51. The molecule has 10 heteroatoms. The SMILES string of the molecule is CC(C)(C)c1ccc(S(=O)(=O)N2CCC3=Cc4c(cnn4-c4ccc(F)cc4)CC3(COCCN3CCOCC3)C2)cc1. The number of benzene rings is 2. The van der Waals surface area contributed by atoms with Crippen LogP contribution < -0.4 is 0 Å². The third-order valence-electron chi connectivity index (χ3n) is 8.98. The van der Waals surface area contributed by atoms with E-state index in [0.717, 1.165) is 55.4 Å². The first kappa shape index (κ1) is 30.1. The third kappa shape index (κ3) is 6.21. The molecule has 43 heavy (non-hydrogen) atoms. The maximum absolute atomic E-state index is 14.0. The summed E-state index contributed by atoms with van der Waals surface area (Å²) in [6.07, 6.45) is 5.21. The van der Waals surface area contributed by atoms with Gasteiger partial charge < -0.3 is 9.47 Å². The van der Waals surface area contributed by atoms with E-state index in [-0.39, 0.29) is 11.2 Å². The van der Waals surface area contributed by atoms with Crippen LogP contribution in [0.5, 0.6) is 0 Å². The van der Waals surface area contributed by atoms with Crippen LogP contribution in [-0.2, 0) is 31.3 Å². The number of rotatable bonds is 8. The van der Waals surface area contributed by atoms with Crippen molar-refractivity contribution in [3.05, 3.63) is 82.9 Å². The number of hydrogen-bond acceptors (Lipinski definition) is 6. The van der Waals surface area contributed by atoms with Crippen LogP contribution in [-0.4, -0.2) is 86.6 Å². The predicted molar refractivity (Wildman–Crippen MR) is 164 cm³/mol. The molecule has 1 aliphatic carbocycles. The van der Waals surface area contributed by atoms with Crippen LogP contribution in [0.15, 0.2) is 65.2 Å². The highest BCUT2D eigenvalue weighted by Crippen LogP contribution is 2.45. The number of halogens is 1. The van der Waals surface area contributed by atoms with Gasteiger partial charge in [-0.1, -0.05) is 38.5 Å². The average Bonchev–Trinajstić information content (AvgIpc) is 3.40. The Kier molecular flexibility index (Phi) is 8.34. The van der Waals surface area contributed by atoms with Gasteiger partial charge in [0, 0.05) is 38.1 Å². The number of morpholine rings is 1. The van der Waals surface area contributed by atoms with Crippen molar-refractivity contribution >= 4 is 16.1 Å². The number of aromatic nitrogens is 2. The zero-order valence-electron chi connectivity index (χ0n) is 25.3. The van der Waals surface area contributed by atoms with Crippen molar-refractivity contribution in [3.8, 4) is 5.69 Å².